The van der Waals surface area contributed by atoms with Gasteiger partial charge < -0.3 is 9.64 Å². The number of alkyl halides is 1. The Kier molecular flexibility index (Phi) is 5.26. The largest absolute Gasteiger partial charge is 0.366 e. The van der Waals surface area contributed by atoms with Crippen molar-refractivity contribution in [1.82, 2.24) is 4.90 Å². The molecule has 0 saturated heterocycles. The maximum Gasteiger partial charge on any atom is 0.248 e. The lowest BCUT2D eigenvalue weighted by Crippen LogP contribution is -2.46. The normalized spacial score (nSPS) is 25.7. The average molecular weight is 262 g/mol. The molecule has 1 rings (SSSR count). The summed E-state index contributed by atoms with van der Waals surface area (Å²) in [6.45, 7) is 5.99. The lowest BCUT2D eigenvalue weighted by Gasteiger charge is -2.35. The molecule has 1 fully saturated rings. The fraction of sp³-hybridized carbons (Fsp3) is 0.923. The molecule has 0 spiro atoms. The van der Waals surface area contributed by atoms with Gasteiger partial charge in [0.1, 0.15) is 6.61 Å². The van der Waals surface area contributed by atoms with Crippen molar-refractivity contribution in [1.29, 1.82) is 0 Å². The molecule has 2 unspecified atom stereocenters. The standard InChI is InChI=1S/C13H24ClNO2/c1-13(2,3)17-9-12(16)15(4)11-8-6-5-7-10(11)14/h10-11H,5-9H2,1-4H3. The summed E-state index contributed by atoms with van der Waals surface area (Å²) in [5, 5.41) is 0.0901. The third-order valence-electron chi connectivity index (χ3n) is 3.17. The van der Waals surface area contributed by atoms with Crippen molar-refractivity contribution in [3.05, 3.63) is 0 Å². The second kappa shape index (κ2) is 6.05. The van der Waals surface area contributed by atoms with Gasteiger partial charge in [-0.05, 0) is 33.6 Å². The van der Waals surface area contributed by atoms with Crippen molar-refractivity contribution in [3.8, 4) is 0 Å². The molecule has 2 atom stereocenters. The Hall–Kier alpha value is -0.280. The molecular weight excluding hydrogens is 238 g/mol. The van der Waals surface area contributed by atoms with Crippen molar-refractivity contribution in [2.75, 3.05) is 13.7 Å². The van der Waals surface area contributed by atoms with Crippen LogP contribution >= 0.6 is 11.6 Å². The summed E-state index contributed by atoms with van der Waals surface area (Å²) in [7, 11) is 1.83. The molecule has 3 nitrogen and oxygen atoms in total. The maximum absolute atomic E-state index is 12.0. The molecule has 0 aromatic heterocycles. The highest BCUT2D eigenvalue weighted by atomic mass is 35.5. The summed E-state index contributed by atoms with van der Waals surface area (Å²) in [6.07, 6.45) is 4.34. The topological polar surface area (TPSA) is 29.5 Å². The van der Waals surface area contributed by atoms with Crippen LogP contribution in [0.4, 0.5) is 0 Å². The van der Waals surface area contributed by atoms with Crippen LogP contribution < -0.4 is 0 Å². The fourth-order valence-electron chi connectivity index (χ4n) is 2.07. The number of hydrogen-bond acceptors (Lipinski definition) is 2. The summed E-state index contributed by atoms with van der Waals surface area (Å²) < 4.78 is 5.50. The number of nitrogens with zero attached hydrogens (tertiary/aromatic N) is 1. The number of carbonyl (C=O) groups is 1. The summed E-state index contributed by atoms with van der Waals surface area (Å²) in [5.41, 5.74) is -0.274. The fourth-order valence-corrected chi connectivity index (χ4v) is 2.52. The number of ether oxygens (including phenoxy) is 1. The van der Waals surface area contributed by atoms with E-state index < -0.39 is 0 Å². The Balaban J connectivity index is 2.45. The van der Waals surface area contributed by atoms with Gasteiger partial charge in [-0.15, -0.1) is 11.6 Å². The molecular formula is C13H24ClNO2. The predicted octanol–water partition coefficient (Wildman–Crippen LogP) is 2.81. The smallest absolute Gasteiger partial charge is 0.248 e. The molecule has 100 valence electrons. The lowest BCUT2D eigenvalue weighted by molar-refractivity contribution is -0.142. The minimum Gasteiger partial charge on any atom is -0.366 e. The molecule has 17 heavy (non-hydrogen) atoms. The van der Waals surface area contributed by atoms with Crippen LogP contribution in [0, 0.1) is 0 Å². The van der Waals surface area contributed by atoms with Crippen LogP contribution in [-0.4, -0.2) is 41.5 Å². The summed E-state index contributed by atoms with van der Waals surface area (Å²) in [6, 6.07) is 0.168. The summed E-state index contributed by atoms with van der Waals surface area (Å²) in [5.74, 6) is 0.0254. The highest BCUT2D eigenvalue weighted by Gasteiger charge is 2.29. The van der Waals surface area contributed by atoms with Crippen LogP contribution in [0.25, 0.3) is 0 Å². The van der Waals surface area contributed by atoms with Crippen LogP contribution in [0.1, 0.15) is 46.5 Å². The quantitative estimate of drug-likeness (QED) is 0.731. The Morgan fingerprint density at radius 3 is 2.47 bits per heavy atom. The molecule has 0 aromatic rings. The van der Waals surface area contributed by atoms with E-state index in [0.29, 0.717) is 0 Å². The summed E-state index contributed by atoms with van der Waals surface area (Å²) in [4.78, 5) is 13.7. The monoisotopic (exact) mass is 261 g/mol. The van der Waals surface area contributed by atoms with E-state index in [1.165, 1.54) is 6.42 Å². The van der Waals surface area contributed by atoms with Crippen molar-refractivity contribution in [2.24, 2.45) is 0 Å². The van der Waals surface area contributed by atoms with Crippen molar-refractivity contribution >= 4 is 17.5 Å². The molecule has 0 bridgehead atoms. The number of rotatable bonds is 3. The number of hydrogen-bond donors (Lipinski definition) is 0. The van der Waals surface area contributed by atoms with E-state index in [9.17, 15) is 4.79 Å². The first-order valence-corrected chi connectivity index (χ1v) is 6.78. The molecule has 1 saturated carbocycles. The number of amides is 1. The van der Waals surface area contributed by atoms with Gasteiger partial charge in [-0.25, -0.2) is 0 Å². The van der Waals surface area contributed by atoms with E-state index in [0.717, 1.165) is 19.3 Å². The number of halogens is 1. The van der Waals surface area contributed by atoms with Gasteiger partial charge in [0, 0.05) is 13.1 Å². The van der Waals surface area contributed by atoms with Gasteiger partial charge in [-0.2, -0.15) is 0 Å². The van der Waals surface area contributed by atoms with Crippen LogP contribution in [0.15, 0.2) is 0 Å². The molecule has 4 heteroatoms. The zero-order valence-electron chi connectivity index (χ0n) is 11.3. The molecule has 0 aromatic carbocycles. The van der Waals surface area contributed by atoms with Crippen LogP contribution in [0.3, 0.4) is 0 Å². The Morgan fingerprint density at radius 1 is 1.35 bits per heavy atom. The van der Waals surface area contributed by atoms with Gasteiger partial charge in [-0.1, -0.05) is 12.8 Å². The SMILES string of the molecule is CN(C(=O)COC(C)(C)C)C1CCCCC1Cl. The zero-order chi connectivity index (χ0) is 13.1. The third kappa shape index (κ3) is 4.84. The first-order chi connectivity index (χ1) is 7.81. The van der Waals surface area contributed by atoms with Gasteiger partial charge in [0.05, 0.1) is 11.0 Å². The molecule has 0 heterocycles. The first kappa shape index (κ1) is 14.8. The van der Waals surface area contributed by atoms with E-state index >= 15 is 0 Å². The number of carbonyl (C=O) groups excluding carboxylic acids is 1. The second-order valence-corrected chi connectivity index (χ2v) is 6.33. The maximum atomic E-state index is 12.0. The number of likely N-dealkylation sites (N-methyl/N-ethyl adjacent to an activating group) is 1. The van der Waals surface area contributed by atoms with Crippen molar-refractivity contribution in [2.45, 2.75) is 63.5 Å². The highest BCUT2D eigenvalue weighted by Crippen LogP contribution is 2.26. The van der Waals surface area contributed by atoms with E-state index in [-0.39, 0.29) is 29.5 Å². The Morgan fingerprint density at radius 2 is 1.94 bits per heavy atom. The predicted molar refractivity (Wildman–Crippen MR) is 70.4 cm³/mol. The van der Waals surface area contributed by atoms with Crippen molar-refractivity contribution < 1.29 is 9.53 Å². The van der Waals surface area contributed by atoms with E-state index in [1.807, 2.05) is 27.8 Å². The van der Waals surface area contributed by atoms with Crippen LogP contribution in [-0.2, 0) is 9.53 Å². The molecule has 1 aliphatic rings. The van der Waals surface area contributed by atoms with Gasteiger partial charge in [-0.3, -0.25) is 4.79 Å². The zero-order valence-corrected chi connectivity index (χ0v) is 12.1. The lowest BCUT2D eigenvalue weighted by atomic mass is 9.94. The van der Waals surface area contributed by atoms with Gasteiger partial charge >= 0.3 is 0 Å². The molecule has 0 radical (unpaired) electrons. The van der Waals surface area contributed by atoms with E-state index in [1.54, 1.807) is 4.90 Å². The van der Waals surface area contributed by atoms with Crippen molar-refractivity contribution in [3.63, 3.8) is 0 Å². The van der Waals surface area contributed by atoms with Crippen LogP contribution in [0.2, 0.25) is 0 Å². The minimum absolute atomic E-state index is 0.0254. The second-order valence-electron chi connectivity index (χ2n) is 5.77. The minimum atomic E-state index is -0.274. The van der Waals surface area contributed by atoms with E-state index in [4.69, 9.17) is 16.3 Å². The van der Waals surface area contributed by atoms with Gasteiger partial charge in [0.25, 0.3) is 0 Å². The Bertz CT molecular complexity index is 263. The third-order valence-corrected chi connectivity index (χ3v) is 3.68. The van der Waals surface area contributed by atoms with Gasteiger partial charge in [0.2, 0.25) is 5.91 Å². The first-order valence-electron chi connectivity index (χ1n) is 6.35. The van der Waals surface area contributed by atoms with Crippen LogP contribution in [0.5, 0.6) is 0 Å². The molecule has 1 amide bonds. The molecule has 0 aliphatic heterocycles. The van der Waals surface area contributed by atoms with Gasteiger partial charge in [0.15, 0.2) is 0 Å². The van der Waals surface area contributed by atoms with E-state index in [2.05, 4.69) is 0 Å². The molecule has 1 aliphatic carbocycles. The molecule has 0 N–H and O–H groups in total. The Labute approximate surface area is 109 Å². The average Bonchev–Trinajstić information content (AvgIpc) is 2.24. The highest BCUT2D eigenvalue weighted by molar-refractivity contribution is 6.21. The summed E-state index contributed by atoms with van der Waals surface area (Å²) >= 11 is 6.28.